The summed E-state index contributed by atoms with van der Waals surface area (Å²) >= 11 is 8.26. The molecule has 0 atom stereocenters. The first-order valence-electron chi connectivity index (χ1n) is 5.85. The van der Waals surface area contributed by atoms with Gasteiger partial charge in [-0.15, -0.1) is 0 Å². The molecule has 0 spiro atoms. The van der Waals surface area contributed by atoms with Crippen LogP contribution in [0.15, 0.2) is 49.1 Å². The first-order chi connectivity index (χ1) is 9.65. The van der Waals surface area contributed by atoms with Crippen LogP contribution in [0.3, 0.4) is 0 Å². The summed E-state index contributed by atoms with van der Waals surface area (Å²) < 4.78 is 3.06. The minimum Gasteiger partial charge on any atom is -0.384 e. The highest BCUT2D eigenvalue weighted by atomic mass is 127. The van der Waals surface area contributed by atoms with Crippen LogP contribution in [0.1, 0.15) is 0 Å². The van der Waals surface area contributed by atoms with Crippen molar-refractivity contribution in [2.24, 2.45) is 0 Å². The third-order valence-electron chi connectivity index (χ3n) is 2.89. The Hall–Kier alpha value is -1.60. The van der Waals surface area contributed by atoms with Crippen molar-refractivity contribution in [1.82, 2.24) is 14.5 Å². The fourth-order valence-electron chi connectivity index (χ4n) is 1.93. The number of rotatable bonds is 2. The van der Waals surface area contributed by atoms with Gasteiger partial charge in [-0.05, 0) is 52.9 Å². The van der Waals surface area contributed by atoms with Crippen molar-refractivity contribution >= 4 is 40.0 Å². The lowest BCUT2D eigenvalue weighted by molar-refractivity contribution is 1.05. The van der Waals surface area contributed by atoms with Gasteiger partial charge in [-0.25, -0.2) is 9.97 Å². The van der Waals surface area contributed by atoms with Crippen LogP contribution in [-0.2, 0) is 0 Å². The van der Waals surface area contributed by atoms with E-state index in [2.05, 4.69) is 32.6 Å². The highest BCUT2D eigenvalue weighted by Gasteiger charge is 2.10. The van der Waals surface area contributed by atoms with Crippen molar-refractivity contribution in [3.8, 4) is 16.9 Å². The topological polar surface area (TPSA) is 56.7 Å². The monoisotopic (exact) mass is 396 g/mol. The van der Waals surface area contributed by atoms with Crippen LogP contribution >= 0.6 is 34.2 Å². The zero-order valence-electron chi connectivity index (χ0n) is 10.3. The zero-order valence-corrected chi connectivity index (χ0v) is 13.2. The Labute approximate surface area is 134 Å². The number of nitrogens with zero attached hydrogens (tertiary/aromatic N) is 3. The summed E-state index contributed by atoms with van der Waals surface area (Å²) in [6, 6.07) is 9.46. The number of nitrogen functional groups attached to an aromatic ring is 1. The molecule has 0 amide bonds. The summed E-state index contributed by atoms with van der Waals surface area (Å²) in [7, 11) is 0. The largest absolute Gasteiger partial charge is 0.384 e. The number of nitrogens with two attached hydrogens (primary N) is 1. The lowest BCUT2D eigenvalue weighted by Gasteiger charge is -2.10. The summed E-state index contributed by atoms with van der Waals surface area (Å²) in [5.41, 5.74) is 8.56. The SMILES string of the molecule is Nc1ccc(-c2cncn2-c2ccc(Cl)cc2I)cn1. The molecular formula is C14H10ClIN4. The summed E-state index contributed by atoms with van der Waals surface area (Å²) in [6.07, 6.45) is 5.32. The van der Waals surface area contributed by atoms with E-state index in [1.807, 2.05) is 28.8 Å². The molecule has 0 saturated heterocycles. The van der Waals surface area contributed by atoms with Gasteiger partial charge in [0.2, 0.25) is 0 Å². The lowest BCUT2D eigenvalue weighted by Crippen LogP contribution is -1.98. The standard InChI is InChI=1S/C14H10ClIN4/c15-10-2-3-12(11(16)5-10)20-8-18-7-13(20)9-1-4-14(17)19-6-9/h1-8H,(H2,17,19). The second kappa shape index (κ2) is 5.41. The molecule has 0 aliphatic rings. The van der Waals surface area contributed by atoms with E-state index in [0.717, 1.165) is 20.5 Å². The van der Waals surface area contributed by atoms with Crippen LogP contribution < -0.4 is 5.73 Å². The van der Waals surface area contributed by atoms with Gasteiger partial charge in [-0.3, -0.25) is 4.57 Å². The molecule has 0 saturated carbocycles. The van der Waals surface area contributed by atoms with Crippen molar-refractivity contribution in [2.45, 2.75) is 0 Å². The molecule has 0 unspecified atom stereocenters. The second-order valence-electron chi connectivity index (χ2n) is 4.22. The molecule has 0 aliphatic heterocycles. The molecular weight excluding hydrogens is 387 g/mol. The van der Waals surface area contributed by atoms with Gasteiger partial charge < -0.3 is 5.73 Å². The highest BCUT2D eigenvalue weighted by molar-refractivity contribution is 14.1. The Morgan fingerprint density at radius 3 is 2.70 bits per heavy atom. The number of anilines is 1. The molecule has 3 rings (SSSR count). The number of benzene rings is 1. The molecule has 2 aromatic heterocycles. The average Bonchev–Trinajstić information content (AvgIpc) is 2.88. The van der Waals surface area contributed by atoms with E-state index >= 15 is 0 Å². The van der Waals surface area contributed by atoms with E-state index in [9.17, 15) is 0 Å². The van der Waals surface area contributed by atoms with Crippen LogP contribution in [0.2, 0.25) is 5.02 Å². The number of pyridine rings is 1. The molecule has 20 heavy (non-hydrogen) atoms. The number of aromatic nitrogens is 3. The van der Waals surface area contributed by atoms with Gasteiger partial charge >= 0.3 is 0 Å². The zero-order chi connectivity index (χ0) is 14.1. The maximum Gasteiger partial charge on any atom is 0.123 e. The van der Waals surface area contributed by atoms with Crippen molar-refractivity contribution in [3.63, 3.8) is 0 Å². The number of halogens is 2. The minimum absolute atomic E-state index is 0.501. The molecule has 3 aromatic rings. The Kier molecular flexibility index (Phi) is 3.62. The van der Waals surface area contributed by atoms with Gasteiger partial charge in [0.1, 0.15) is 5.82 Å². The van der Waals surface area contributed by atoms with Gasteiger partial charge in [-0.2, -0.15) is 0 Å². The van der Waals surface area contributed by atoms with Crippen LogP contribution in [-0.4, -0.2) is 14.5 Å². The van der Waals surface area contributed by atoms with Gasteiger partial charge in [0.15, 0.2) is 0 Å². The predicted molar refractivity (Wildman–Crippen MR) is 88.9 cm³/mol. The highest BCUT2D eigenvalue weighted by Crippen LogP contribution is 2.27. The molecule has 0 bridgehead atoms. The predicted octanol–water partition coefficient (Wildman–Crippen LogP) is 3.77. The van der Waals surface area contributed by atoms with Crippen LogP contribution in [0, 0.1) is 3.57 Å². The molecule has 4 nitrogen and oxygen atoms in total. The van der Waals surface area contributed by atoms with Crippen molar-refractivity contribution in [2.75, 3.05) is 5.73 Å². The first-order valence-corrected chi connectivity index (χ1v) is 7.30. The van der Waals surface area contributed by atoms with E-state index in [1.54, 1.807) is 24.8 Å². The average molecular weight is 397 g/mol. The molecule has 0 radical (unpaired) electrons. The molecule has 0 aliphatic carbocycles. The summed E-state index contributed by atoms with van der Waals surface area (Å²) in [5.74, 6) is 0.501. The summed E-state index contributed by atoms with van der Waals surface area (Å²) in [5, 5.41) is 0.717. The molecule has 0 fully saturated rings. The molecule has 6 heteroatoms. The summed E-state index contributed by atoms with van der Waals surface area (Å²) in [6.45, 7) is 0. The van der Waals surface area contributed by atoms with Crippen molar-refractivity contribution in [1.29, 1.82) is 0 Å². The summed E-state index contributed by atoms with van der Waals surface area (Å²) in [4.78, 5) is 8.35. The van der Waals surface area contributed by atoms with Crippen molar-refractivity contribution in [3.05, 3.63) is 57.6 Å². The Balaban J connectivity index is 2.12. The van der Waals surface area contributed by atoms with E-state index in [-0.39, 0.29) is 0 Å². The van der Waals surface area contributed by atoms with Crippen molar-refractivity contribution < 1.29 is 0 Å². The van der Waals surface area contributed by atoms with Gasteiger partial charge in [-0.1, -0.05) is 11.6 Å². The third-order valence-corrected chi connectivity index (χ3v) is 3.99. The minimum atomic E-state index is 0.501. The normalized spacial score (nSPS) is 10.7. The van der Waals surface area contributed by atoms with E-state index in [4.69, 9.17) is 17.3 Å². The first kappa shape index (κ1) is 13.4. The van der Waals surface area contributed by atoms with E-state index in [1.165, 1.54) is 0 Å². The van der Waals surface area contributed by atoms with E-state index in [0.29, 0.717) is 10.8 Å². The Morgan fingerprint density at radius 2 is 2.00 bits per heavy atom. The lowest BCUT2D eigenvalue weighted by atomic mass is 10.2. The van der Waals surface area contributed by atoms with Crippen LogP contribution in [0.25, 0.3) is 16.9 Å². The van der Waals surface area contributed by atoms with Crippen LogP contribution in [0.5, 0.6) is 0 Å². The van der Waals surface area contributed by atoms with Crippen LogP contribution in [0.4, 0.5) is 5.82 Å². The molecule has 2 N–H and O–H groups in total. The number of hydrogen-bond donors (Lipinski definition) is 1. The van der Waals surface area contributed by atoms with Gasteiger partial charge in [0, 0.05) is 20.4 Å². The van der Waals surface area contributed by atoms with E-state index < -0.39 is 0 Å². The maximum atomic E-state index is 6.00. The fourth-order valence-corrected chi connectivity index (χ4v) is 3.07. The number of hydrogen-bond acceptors (Lipinski definition) is 3. The molecule has 1 aromatic carbocycles. The second-order valence-corrected chi connectivity index (χ2v) is 5.81. The molecule has 2 heterocycles. The number of imidazole rings is 1. The van der Waals surface area contributed by atoms with Gasteiger partial charge in [0.05, 0.1) is 23.9 Å². The quantitative estimate of drug-likeness (QED) is 0.671. The Bertz CT molecular complexity index is 752. The van der Waals surface area contributed by atoms with Gasteiger partial charge in [0.25, 0.3) is 0 Å². The smallest absolute Gasteiger partial charge is 0.123 e. The third kappa shape index (κ3) is 2.51. The maximum absolute atomic E-state index is 6.00. The fraction of sp³-hybridized carbons (Fsp3) is 0. The molecule has 100 valence electrons. The Morgan fingerprint density at radius 1 is 1.15 bits per heavy atom.